The van der Waals surface area contributed by atoms with Crippen molar-refractivity contribution in [2.24, 2.45) is 7.05 Å². The van der Waals surface area contributed by atoms with E-state index in [9.17, 15) is 9.59 Å². The molecule has 2 amide bonds. The average molecular weight is 358 g/mol. The van der Waals surface area contributed by atoms with Crippen LogP contribution in [0.1, 0.15) is 22.3 Å². The lowest BCUT2D eigenvalue weighted by Gasteiger charge is -2.11. The number of benzene rings is 1. The highest BCUT2D eigenvalue weighted by atomic mass is 32.1. The van der Waals surface area contributed by atoms with E-state index in [0.717, 1.165) is 15.9 Å². The summed E-state index contributed by atoms with van der Waals surface area (Å²) < 4.78 is 6.98. The van der Waals surface area contributed by atoms with Crippen LogP contribution in [0.2, 0.25) is 0 Å². The number of hydrogen-bond acceptors (Lipinski definition) is 5. The van der Waals surface area contributed by atoms with Gasteiger partial charge in [0, 0.05) is 25.0 Å². The minimum atomic E-state index is -0.214. The van der Waals surface area contributed by atoms with Gasteiger partial charge in [0.25, 0.3) is 5.91 Å². The van der Waals surface area contributed by atoms with E-state index >= 15 is 0 Å². The summed E-state index contributed by atoms with van der Waals surface area (Å²) in [5.74, 6) is 0.102. The van der Waals surface area contributed by atoms with Crippen LogP contribution in [0.15, 0.2) is 24.3 Å². The van der Waals surface area contributed by atoms with Crippen LogP contribution in [0.25, 0.3) is 10.2 Å². The first-order chi connectivity index (χ1) is 11.9. The fraction of sp³-hybridized carbons (Fsp3) is 0.235. The summed E-state index contributed by atoms with van der Waals surface area (Å²) in [4.78, 5) is 25.4. The molecule has 25 heavy (non-hydrogen) atoms. The van der Waals surface area contributed by atoms with Crippen molar-refractivity contribution in [1.29, 1.82) is 0 Å². The summed E-state index contributed by atoms with van der Waals surface area (Å²) in [5.41, 5.74) is 1.97. The minimum Gasteiger partial charge on any atom is -0.495 e. The minimum absolute atomic E-state index is 0.209. The normalized spacial score (nSPS) is 10.7. The topological polar surface area (TPSA) is 85.2 Å². The van der Waals surface area contributed by atoms with Crippen molar-refractivity contribution in [3.05, 3.63) is 34.8 Å². The zero-order chi connectivity index (χ0) is 18.1. The number of rotatable bonds is 4. The molecule has 2 heterocycles. The van der Waals surface area contributed by atoms with Crippen molar-refractivity contribution >= 4 is 44.7 Å². The molecule has 0 aliphatic carbocycles. The maximum Gasteiger partial charge on any atom is 0.265 e. The number of hydrogen-bond donors (Lipinski definition) is 2. The van der Waals surface area contributed by atoms with E-state index in [2.05, 4.69) is 15.7 Å². The standard InChI is InChI=1S/C17H18N4O3S/c1-9-12-8-15(25-17(12)21(3)20-9)16(23)19-11-5-6-14(24-4)13(7-11)18-10(2)22/h5-8H,1-4H3,(H,18,22)(H,19,23). The van der Waals surface area contributed by atoms with Crippen LogP contribution in [0.5, 0.6) is 5.75 Å². The Balaban J connectivity index is 1.86. The quantitative estimate of drug-likeness (QED) is 0.750. The van der Waals surface area contributed by atoms with Crippen LogP contribution in [0.4, 0.5) is 11.4 Å². The molecule has 0 spiro atoms. The Labute approximate surface area is 148 Å². The average Bonchev–Trinajstić information content (AvgIpc) is 3.09. The molecule has 3 rings (SSSR count). The molecule has 0 aliphatic rings. The van der Waals surface area contributed by atoms with Gasteiger partial charge in [-0.1, -0.05) is 0 Å². The molecule has 0 atom stereocenters. The summed E-state index contributed by atoms with van der Waals surface area (Å²) in [6, 6.07) is 6.93. The molecule has 0 fully saturated rings. The molecule has 0 unspecified atom stereocenters. The number of nitrogens with zero attached hydrogens (tertiary/aromatic N) is 2. The molecule has 130 valence electrons. The van der Waals surface area contributed by atoms with Crippen molar-refractivity contribution in [2.75, 3.05) is 17.7 Å². The number of ether oxygens (including phenoxy) is 1. The fourth-order valence-electron chi connectivity index (χ4n) is 2.58. The van der Waals surface area contributed by atoms with E-state index in [4.69, 9.17) is 4.74 Å². The van der Waals surface area contributed by atoms with E-state index in [1.165, 1.54) is 25.4 Å². The summed E-state index contributed by atoms with van der Waals surface area (Å²) in [5, 5.41) is 10.8. The second kappa shape index (κ2) is 6.56. The molecule has 8 heteroatoms. The number of anilines is 2. The van der Waals surface area contributed by atoms with E-state index in [-0.39, 0.29) is 11.8 Å². The van der Waals surface area contributed by atoms with Gasteiger partial charge in [-0.25, -0.2) is 0 Å². The molecule has 0 bridgehead atoms. The second-order valence-corrected chi connectivity index (χ2v) is 6.62. The van der Waals surface area contributed by atoms with E-state index in [0.29, 0.717) is 22.0 Å². The van der Waals surface area contributed by atoms with Gasteiger partial charge in [-0.05, 0) is 31.2 Å². The Hall–Kier alpha value is -2.87. The summed E-state index contributed by atoms with van der Waals surface area (Å²) in [6.45, 7) is 3.33. The molecule has 2 aromatic heterocycles. The molecule has 0 radical (unpaired) electrons. The maximum absolute atomic E-state index is 12.5. The van der Waals surface area contributed by atoms with Crippen molar-refractivity contribution in [2.45, 2.75) is 13.8 Å². The monoisotopic (exact) mass is 358 g/mol. The summed E-state index contributed by atoms with van der Waals surface area (Å²) >= 11 is 1.39. The van der Waals surface area contributed by atoms with Gasteiger partial charge in [-0.15, -0.1) is 11.3 Å². The summed E-state index contributed by atoms with van der Waals surface area (Å²) in [6.07, 6.45) is 0. The first-order valence-electron chi connectivity index (χ1n) is 7.59. The predicted molar refractivity (Wildman–Crippen MR) is 98.6 cm³/mol. The van der Waals surface area contributed by atoms with Gasteiger partial charge in [-0.3, -0.25) is 14.3 Å². The van der Waals surface area contributed by atoms with Gasteiger partial charge >= 0.3 is 0 Å². The lowest BCUT2D eigenvalue weighted by molar-refractivity contribution is -0.114. The lowest BCUT2D eigenvalue weighted by atomic mass is 10.2. The van der Waals surface area contributed by atoms with Crippen LogP contribution >= 0.6 is 11.3 Å². The number of amides is 2. The van der Waals surface area contributed by atoms with Crippen LogP contribution in [-0.4, -0.2) is 28.7 Å². The van der Waals surface area contributed by atoms with Gasteiger partial charge in [-0.2, -0.15) is 5.10 Å². The van der Waals surface area contributed by atoms with E-state index < -0.39 is 0 Å². The first kappa shape index (κ1) is 17.0. The van der Waals surface area contributed by atoms with Crippen LogP contribution in [0.3, 0.4) is 0 Å². The zero-order valence-electron chi connectivity index (χ0n) is 14.3. The fourth-order valence-corrected chi connectivity index (χ4v) is 3.60. The number of fused-ring (bicyclic) bond motifs is 1. The van der Waals surface area contributed by atoms with Crippen molar-refractivity contribution in [1.82, 2.24) is 9.78 Å². The molecular weight excluding hydrogens is 340 g/mol. The maximum atomic E-state index is 12.5. The lowest BCUT2D eigenvalue weighted by Crippen LogP contribution is -2.12. The molecule has 0 aliphatic heterocycles. The molecular formula is C17H18N4O3S. The van der Waals surface area contributed by atoms with E-state index in [1.807, 2.05) is 20.0 Å². The number of nitrogens with one attached hydrogen (secondary N) is 2. The third-order valence-electron chi connectivity index (χ3n) is 3.69. The number of methoxy groups -OCH3 is 1. The van der Waals surface area contributed by atoms with Gasteiger partial charge in [0.15, 0.2) is 0 Å². The third kappa shape index (κ3) is 3.34. The first-order valence-corrected chi connectivity index (χ1v) is 8.41. The Bertz CT molecular complexity index is 939. The molecule has 0 saturated carbocycles. The second-order valence-electron chi connectivity index (χ2n) is 5.59. The Morgan fingerprint density at radius 1 is 1.24 bits per heavy atom. The zero-order valence-corrected chi connectivity index (χ0v) is 15.2. The van der Waals surface area contributed by atoms with Crippen LogP contribution < -0.4 is 15.4 Å². The highest BCUT2D eigenvalue weighted by Gasteiger charge is 2.16. The Morgan fingerprint density at radius 2 is 2.00 bits per heavy atom. The number of aryl methyl sites for hydroxylation is 2. The van der Waals surface area contributed by atoms with Crippen LogP contribution in [-0.2, 0) is 11.8 Å². The third-order valence-corrected chi connectivity index (χ3v) is 4.89. The Morgan fingerprint density at radius 3 is 2.64 bits per heavy atom. The highest BCUT2D eigenvalue weighted by molar-refractivity contribution is 7.20. The van der Waals surface area contributed by atoms with Gasteiger partial charge in [0.05, 0.1) is 23.4 Å². The summed E-state index contributed by atoms with van der Waals surface area (Å²) in [7, 11) is 3.38. The number of aromatic nitrogens is 2. The smallest absolute Gasteiger partial charge is 0.265 e. The van der Waals surface area contributed by atoms with E-state index in [1.54, 1.807) is 22.9 Å². The van der Waals surface area contributed by atoms with Gasteiger partial charge in [0.2, 0.25) is 5.91 Å². The molecule has 3 aromatic rings. The molecule has 2 N–H and O–H groups in total. The number of carbonyl (C=O) groups is 2. The Kier molecular flexibility index (Phi) is 4.45. The van der Waals surface area contributed by atoms with Gasteiger partial charge < -0.3 is 15.4 Å². The number of thiophene rings is 1. The van der Waals surface area contributed by atoms with Crippen molar-refractivity contribution < 1.29 is 14.3 Å². The number of carbonyl (C=O) groups excluding carboxylic acids is 2. The SMILES string of the molecule is COc1ccc(NC(=O)c2cc3c(C)nn(C)c3s2)cc1NC(C)=O. The molecule has 1 aromatic carbocycles. The molecule has 7 nitrogen and oxygen atoms in total. The van der Waals surface area contributed by atoms with Crippen molar-refractivity contribution in [3.63, 3.8) is 0 Å². The molecule has 0 saturated heterocycles. The predicted octanol–water partition coefficient (Wildman–Crippen LogP) is 3.16. The van der Waals surface area contributed by atoms with Crippen molar-refractivity contribution in [3.8, 4) is 5.75 Å². The highest BCUT2D eigenvalue weighted by Crippen LogP contribution is 2.30. The van der Waals surface area contributed by atoms with Gasteiger partial charge in [0.1, 0.15) is 10.6 Å². The van der Waals surface area contributed by atoms with Crippen LogP contribution in [0, 0.1) is 6.92 Å². The largest absolute Gasteiger partial charge is 0.495 e.